The first-order valence-corrected chi connectivity index (χ1v) is 7.44. The first kappa shape index (κ1) is 15.4. The number of rotatable bonds is 6. The molecule has 4 nitrogen and oxygen atoms in total. The molecule has 3 N–H and O–H groups in total. The Bertz CT molecular complexity index is 577. The maximum Gasteiger partial charge on any atom is 0.0758 e. The smallest absolute Gasteiger partial charge is 0.0758 e. The number of benzene rings is 1. The third-order valence-corrected chi connectivity index (χ3v) is 4.43. The Labute approximate surface area is 127 Å². The van der Waals surface area contributed by atoms with Gasteiger partial charge in [0.2, 0.25) is 0 Å². The van der Waals surface area contributed by atoms with Crippen LogP contribution in [0.25, 0.3) is 10.9 Å². The van der Waals surface area contributed by atoms with Crippen LogP contribution in [0.1, 0.15) is 18.9 Å². The number of pyridine rings is 1. The molecule has 0 spiro atoms. The molecule has 0 saturated heterocycles. The van der Waals surface area contributed by atoms with Gasteiger partial charge in [-0.15, -0.1) is 0 Å². The molecule has 0 saturated carbocycles. The number of hydrogen-bond acceptors (Lipinski definition) is 4. The molecule has 0 unspecified atom stereocenters. The highest BCUT2D eigenvalue weighted by Gasteiger charge is 2.25. The number of nitrogens with zero attached hydrogens (tertiary/aromatic N) is 1. The number of fused-ring (bicyclic) bond motifs is 1. The van der Waals surface area contributed by atoms with Crippen LogP contribution in [0.15, 0.2) is 34.9 Å². The van der Waals surface area contributed by atoms with Gasteiger partial charge in [-0.05, 0) is 24.1 Å². The second-order valence-corrected chi connectivity index (χ2v) is 5.76. The largest absolute Gasteiger partial charge is 0.394 e. The quantitative estimate of drug-likeness (QED) is 0.755. The van der Waals surface area contributed by atoms with Crippen molar-refractivity contribution in [1.82, 2.24) is 10.3 Å². The molecule has 1 heterocycles. The molecule has 20 heavy (non-hydrogen) atoms. The number of halogens is 1. The second kappa shape index (κ2) is 6.63. The van der Waals surface area contributed by atoms with Gasteiger partial charge in [-0.1, -0.05) is 35.0 Å². The van der Waals surface area contributed by atoms with Crippen LogP contribution in [0, 0.1) is 0 Å². The number of nitrogens with one attached hydrogen (secondary N) is 1. The Morgan fingerprint density at radius 3 is 2.65 bits per heavy atom. The van der Waals surface area contributed by atoms with E-state index in [0.717, 1.165) is 20.9 Å². The Hall–Kier alpha value is -1.01. The van der Waals surface area contributed by atoms with Gasteiger partial charge in [0, 0.05) is 22.6 Å². The van der Waals surface area contributed by atoms with Crippen molar-refractivity contribution in [1.29, 1.82) is 0 Å². The molecule has 0 radical (unpaired) electrons. The molecule has 5 heteroatoms. The predicted molar refractivity (Wildman–Crippen MR) is 83.5 cm³/mol. The molecule has 108 valence electrons. The maximum absolute atomic E-state index is 9.47. The third-order valence-electron chi connectivity index (χ3n) is 3.74. The standard InChI is InChI=1S/C15H19BrN2O2/c1-2-15(9-19,10-20)18-8-11-5-6-13(16)12-4-3-7-17-14(11)12/h3-7,18-20H,2,8-10H2,1H3. The summed E-state index contributed by atoms with van der Waals surface area (Å²) in [6, 6.07) is 7.91. The van der Waals surface area contributed by atoms with Gasteiger partial charge in [0.25, 0.3) is 0 Å². The average molecular weight is 339 g/mol. The molecule has 0 amide bonds. The number of aromatic nitrogens is 1. The molecule has 0 bridgehead atoms. The van der Waals surface area contributed by atoms with Crippen molar-refractivity contribution >= 4 is 26.8 Å². The fraction of sp³-hybridized carbons (Fsp3) is 0.400. The Kier molecular flexibility index (Phi) is 5.10. The zero-order valence-corrected chi connectivity index (χ0v) is 13.0. The molecule has 0 aliphatic carbocycles. The summed E-state index contributed by atoms with van der Waals surface area (Å²) in [7, 11) is 0. The van der Waals surface area contributed by atoms with Crippen LogP contribution < -0.4 is 5.32 Å². The highest BCUT2D eigenvalue weighted by molar-refractivity contribution is 9.10. The monoisotopic (exact) mass is 338 g/mol. The fourth-order valence-electron chi connectivity index (χ4n) is 2.13. The van der Waals surface area contributed by atoms with Crippen molar-refractivity contribution in [2.45, 2.75) is 25.4 Å². The summed E-state index contributed by atoms with van der Waals surface area (Å²) < 4.78 is 1.01. The molecular weight excluding hydrogens is 320 g/mol. The number of hydrogen-bond donors (Lipinski definition) is 3. The summed E-state index contributed by atoms with van der Waals surface area (Å²) in [4.78, 5) is 4.43. The van der Waals surface area contributed by atoms with Crippen molar-refractivity contribution in [3.05, 3.63) is 40.5 Å². The minimum atomic E-state index is -0.645. The first-order valence-electron chi connectivity index (χ1n) is 6.64. The minimum Gasteiger partial charge on any atom is -0.394 e. The van der Waals surface area contributed by atoms with Crippen molar-refractivity contribution < 1.29 is 10.2 Å². The Morgan fingerprint density at radius 1 is 1.25 bits per heavy atom. The highest BCUT2D eigenvalue weighted by atomic mass is 79.9. The second-order valence-electron chi connectivity index (χ2n) is 4.91. The topological polar surface area (TPSA) is 65.4 Å². The molecule has 1 aromatic carbocycles. The normalized spacial score (nSPS) is 12.0. The summed E-state index contributed by atoms with van der Waals surface area (Å²) in [5.74, 6) is 0. The molecule has 0 atom stereocenters. The summed E-state index contributed by atoms with van der Waals surface area (Å²) >= 11 is 3.52. The van der Waals surface area contributed by atoms with Crippen molar-refractivity contribution in [2.75, 3.05) is 13.2 Å². The summed E-state index contributed by atoms with van der Waals surface area (Å²) in [5, 5.41) is 23.2. The molecule has 0 aliphatic rings. The van der Waals surface area contributed by atoms with Crippen molar-refractivity contribution in [2.24, 2.45) is 0 Å². The van der Waals surface area contributed by atoms with Gasteiger partial charge in [0.05, 0.1) is 24.3 Å². The highest BCUT2D eigenvalue weighted by Crippen LogP contribution is 2.25. The average Bonchev–Trinajstić information content (AvgIpc) is 2.51. The lowest BCUT2D eigenvalue weighted by molar-refractivity contribution is 0.0865. The van der Waals surface area contributed by atoms with Gasteiger partial charge in [-0.2, -0.15) is 0 Å². The van der Waals surface area contributed by atoms with Gasteiger partial charge in [0.15, 0.2) is 0 Å². The predicted octanol–water partition coefficient (Wildman–Crippen LogP) is 2.22. The van der Waals surface area contributed by atoms with Crippen LogP contribution in [0.4, 0.5) is 0 Å². The van der Waals surface area contributed by atoms with Gasteiger partial charge < -0.3 is 15.5 Å². The van der Waals surface area contributed by atoms with E-state index < -0.39 is 5.54 Å². The fourth-order valence-corrected chi connectivity index (χ4v) is 2.58. The maximum atomic E-state index is 9.47. The summed E-state index contributed by atoms with van der Waals surface area (Å²) in [6.45, 7) is 2.30. The van der Waals surface area contributed by atoms with E-state index in [1.54, 1.807) is 6.20 Å². The van der Waals surface area contributed by atoms with E-state index in [9.17, 15) is 10.2 Å². The molecule has 2 rings (SSSR count). The SMILES string of the molecule is CCC(CO)(CO)NCc1ccc(Br)c2cccnc12. The lowest BCUT2D eigenvalue weighted by Crippen LogP contribution is -2.50. The van der Waals surface area contributed by atoms with Crippen LogP contribution in [0.2, 0.25) is 0 Å². The van der Waals surface area contributed by atoms with E-state index >= 15 is 0 Å². The first-order chi connectivity index (χ1) is 9.65. The van der Waals surface area contributed by atoms with E-state index in [4.69, 9.17) is 0 Å². The van der Waals surface area contributed by atoms with Crippen LogP contribution in [0.5, 0.6) is 0 Å². The molecule has 0 aliphatic heterocycles. The summed E-state index contributed by atoms with van der Waals surface area (Å²) in [5.41, 5.74) is 1.33. The van der Waals surface area contributed by atoms with E-state index in [0.29, 0.717) is 13.0 Å². The summed E-state index contributed by atoms with van der Waals surface area (Å²) in [6.07, 6.45) is 2.42. The van der Waals surface area contributed by atoms with E-state index in [1.807, 2.05) is 31.2 Å². The van der Waals surface area contributed by atoms with Crippen LogP contribution in [-0.2, 0) is 6.54 Å². The van der Waals surface area contributed by atoms with Crippen molar-refractivity contribution in [3.63, 3.8) is 0 Å². The number of aliphatic hydroxyl groups excluding tert-OH is 2. The van der Waals surface area contributed by atoms with Gasteiger partial charge in [-0.25, -0.2) is 0 Å². The molecule has 0 fully saturated rings. The van der Waals surface area contributed by atoms with Gasteiger partial charge in [-0.3, -0.25) is 4.98 Å². The Morgan fingerprint density at radius 2 is 2.00 bits per heavy atom. The minimum absolute atomic E-state index is 0.0953. The van der Waals surface area contributed by atoms with Gasteiger partial charge >= 0.3 is 0 Å². The van der Waals surface area contributed by atoms with E-state index in [1.165, 1.54) is 0 Å². The lowest BCUT2D eigenvalue weighted by atomic mass is 9.97. The molecule has 1 aromatic heterocycles. The lowest BCUT2D eigenvalue weighted by Gasteiger charge is -2.30. The van der Waals surface area contributed by atoms with Gasteiger partial charge in [0.1, 0.15) is 0 Å². The van der Waals surface area contributed by atoms with Crippen LogP contribution in [0.3, 0.4) is 0 Å². The molecule has 2 aromatic rings. The number of aliphatic hydroxyl groups is 2. The van der Waals surface area contributed by atoms with E-state index in [-0.39, 0.29) is 13.2 Å². The molecular formula is C15H19BrN2O2. The van der Waals surface area contributed by atoms with E-state index in [2.05, 4.69) is 26.2 Å². The van der Waals surface area contributed by atoms with Crippen LogP contribution >= 0.6 is 15.9 Å². The van der Waals surface area contributed by atoms with Crippen molar-refractivity contribution in [3.8, 4) is 0 Å². The zero-order chi connectivity index (χ0) is 14.6. The Balaban J connectivity index is 2.29. The van der Waals surface area contributed by atoms with Crippen LogP contribution in [-0.4, -0.2) is 33.9 Å². The third kappa shape index (κ3) is 3.01. The zero-order valence-electron chi connectivity index (χ0n) is 11.4.